The summed E-state index contributed by atoms with van der Waals surface area (Å²) in [4.78, 5) is 12.4. The Hall–Kier alpha value is -0.453. The first-order valence-electron chi connectivity index (χ1n) is 8.03. The largest absolute Gasteiger partial charge is 0.410 e. The predicted octanol–water partition coefficient (Wildman–Crippen LogP) is 4.07. The molecule has 0 spiro atoms. The van der Waals surface area contributed by atoms with Gasteiger partial charge in [0, 0.05) is 6.61 Å². The van der Waals surface area contributed by atoms with Crippen LogP contribution in [0.25, 0.3) is 0 Å². The van der Waals surface area contributed by atoms with Gasteiger partial charge in [-0.2, -0.15) is 0 Å². The molecule has 0 aromatic carbocycles. The number of hydrogen-bond donors (Lipinski definition) is 1. The Balaban J connectivity index is 3.07. The molecule has 21 heavy (non-hydrogen) atoms. The van der Waals surface area contributed by atoms with E-state index in [0.29, 0.717) is 12.8 Å². The summed E-state index contributed by atoms with van der Waals surface area (Å²) in [5.41, 5.74) is -0.451. The summed E-state index contributed by atoms with van der Waals surface area (Å²) in [5.74, 6) is 0.198. The number of hydrogen-bond acceptors (Lipinski definition) is 3. The molecule has 3 nitrogen and oxygen atoms in total. The molecule has 1 N–H and O–H groups in total. The Morgan fingerprint density at radius 1 is 1.43 bits per heavy atom. The summed E-state index contributed by atoms with van der Waals surface area (Å²) >= 11 is 0. The van der Waals surface area contributed by atoms with Crippen LogP contribution in [-0.4, -0.2) is 31.9 Å². The van der Waals surface area contributed by atoms with Gasteiger partial charge < -0.3 is 9.53 Å². The highest BCUT2D eigenvalue weighted by Crippen LogP contribution is 2.45. The van der Waals surface area contributed by atoms with Crippen molar-refractivity contribution in [2.24, 2.45) is 5.41 Å². The third-order valence-corrected chi connectivity index (χ3v) is 9.78. The summed E-state index contributed by atoms with van der Waals surface area (Å²) in [5, 5.41) is 9.30. The molecule has 0 unspecified atom stereocenters. The summed E-state index contributed by atoms with van der Waals surface area (Å²) in [7, 11) is -1.93. The minimum Gasteiger partial charge on any atom is -0.410 e. The van der Waals surface area contributed by atoms with Crippen molar-refractivity contribution in [3.8, 4) is 0 Å². The maximum atomic E-state index is 12.4. The fraction of sp³-hybridized carbons (Fsp3) is 0.824. The summed E-state index contributed by atoms with van der Waals surface area (Å²) in [6.45, 7) is 12.9. The van der Waals surface area contributed by atoms with Gasteiger partial charge in [-0.05, 0) is 50.7 Å². The Labute approximate surface area is 130 Å². The lowest BCUT2D eigenvalue weighted by atomic mass is 9.69. The van der Waals surface area contributed by atoms with Gasteiger partial charge >= 0.3 is 0 Å². The van der Waals surface area contributed by atoms with Gasteiger partial charge in [0.15, 0.2) is 8.32 Å². The zero-order valence-corrected chi connectivity index (χ0v) is 15.5. The van der Waals surface area contributed by atoms with Gasteiger partial charge in [0.05, 0.1) is 11.5 Å². The van der Waals surface area contributed by atoms with E-state index in [1.165, 1.54) is 0 Å². The number of carbonyl (C=O) groups excluding carboxylic acids is 1. The van der Waals surface area contributed by atoms with Crippen LogP contribution in [0.1, 0.15) is 53.4 Å². The van der Waals surface area contributed by atoms with E-state index in [-0.39, 0.29) is 23.5 Å². The van der Waals surface area contributed by atoms with Crippen molar-refractivity contribution < 1.29 is 14.3 Å². The Morgan fingerprint density at radius 2 is 2.05 bits per heavy atom. The fourth-order valence-electron chi connectivity index (χ4n) is 2.75. The molecule has 122 valence electrons. The maximum absolute atomic E-state index is 12.4. The minimum atomic E-state index is -1.93. The highest BCUT2D eigenvalue weighted by Gasteiger charge is 2.48. The van der Waals surface area contributed by atoms with Crippen molar-refractivity contribution in [3.05, 3.63) is 12.2 Å². The van der Waals surface area contributed by atoms with Crippen LogP contribution < -0.4 is 0 Å². The Kier molecular flexibility index (Phi) is 5.98. The molecule has 1 aliphatic rings. The molecule has 0 aliphatic heterocycles. The first kappa shape index (κ1) is 18.6. The standard InChI is InChI=1S/C17H32O3Si/c1-14(19)17(12-9-13-18)11-8-7-10-15(17)20-21(5,6)16(2,3)4/h7,10,15,18H,8-9,11-13H2,1-6H3/t15-,17+/m0/s1. The summed E-state index contributed by atoms with van der Waals surface area (Å²) < 4.78 is 6.57. The lowest BCUT2D eigenvalue weighted by Gasteiger charge is -2.46. The van der Waals surface area contributed by atoms with Crippen LogP contribution in [-0.2, 0) is 9.22 Å². The van der Waals surface area contributed by atoms with Crippen LogP contribution in [0.4, 0.5) is 0 Å². The average Bonchev–Trinajstić information content (AvgIpc) is 2.36. The first-order valence-corrected chi connectivity index (χ1v) is 10.9. The molecule has 0 saturated carbocycles. The molecule has 0 saturated heterocycles. The van der Waals surface area contributed by atoms with E-state index in [9.17, 15) is 9.90 Å². The number of aliphatic hydroxyl groups excluding tert-OH is 1. The molecule has 0 aromatic rings. The van der Waals surface area contributed by atoms with Gasteiger partial charge in [-0.3, -0.25) is 4.79 Å². The SMILES string of the molecule is CC(=O)[C@]1(CCCO)CCC=C[C@@H]1O[Si](C)(C)C(C)(C)C. The van der Waals surface area contributed by atoms with Gasteiger partial charge in [0.2, 0.25) is 0 Å². The molecular weight excluding hydrogens is 280 g/mol. The molecule has 0 heterocycles. The third-order valence-electron chi connectivity index (χ3n) is 5.32. The highest BCUT2D eigenvalue weighted by molar-refractivity contribution is 6.74. The van der Waals surface area contributed by atoms with Crippen LogP contribution in [0.5, 0.6) is 0 Å². The number of rotatable bonds is 6. The average molecular weight is 313 g/mol. The second-order valence-corrected chi connectivity index (χ2v) is 12.6. The normalized spacial score (nSPS) is 26.9. The smallest absolute Gasteiger partial charge is 0.192 e. The number of carbonyl (C=O) groups is 1. The molecule has 1 aliphatic carbocycles. The third kappa shape index (κ3) is 4.05. The molecule has 0 aromatic heterocycles. The second kappa shape index (κ2) is 6.76. The van der Waals surface area contributed by atoms with Crippen molar-refractivity contribution in [2.75, 3.05) is 6.61 Å². The van der Waals surface area contributed by atoms with E-state index in [4.69, 9.17) is 4.43 Å². The molecule has 4 heteroatoms. The number of ketones is 1. The Bertz CT molecular complexity index is 395. The van der Waals surface area contributed by atoms with Crippen LogP contribution >= 0.6 is 0 Å². The van der Waals surface area contributed by atoms with E-state index in [0.717, 1.165) is 12.8 Å². The van der Waals surface area contributed by atoms with Crippen molar-refractivity contribution in [1.82, 2.24) is 0 Å². The van der Waals surface area contributed by atoms with Crippen LogP contribution in [0.3, 0.4) is 0 Å². The number of aliphatic hydroxyl groups is 1. The van der Waals surface area contributed by atoms with Crippen LogP contribution in [0, 0.1) is 5.41 Å². The molecule has 1 rings (SSSR count). The van der Waals surface area contributed by atoms with Crippen LogP contribution in [0.2, 0.25) is 18.1 Å². The summed E-state index contributed by atoms with van der Waals surface area (Å²) in [6.07, 6.45) is 7.20. The topological polar surface area (TPSA) is 46.5 Å². The highest BCUT2D eigenvalue weighted by atomic mass is 28.4. The first-order chi connectivity index (χ1) is 9.57. The predicted molar refractivity (Wildman–Crippen MR) is 89.9 cm³/mol. The minimum absolute atomic E-state index is 0.123. The monoisotopic (exact) mass is 312 g/mol. The molecule has 0 bridgehead atoms. The van der Waals surface area contributed by atoms with Crippen LogP contribution in [0.15, 0.2) is 12.2 Å². The lowest BCUT2D eigenvalue weighted by Crippen LogP contribution is -2.51. The van der Waals surface area contributed by atoms with E-state index < -0.39 is 13.7 Å². The van der Waals surface area contributed by atoms with E-state index in [1.807, 2.05) is 0 Å². The van der Waals surface area contributed by atoms with Crippen molar-refractivity contribution in [2.45, 2.75) is 77.6 Å². The van der Waals surface area contributed by atoms with Gasteiger partial charge in [0.25, 0.3) is 0 Å². The molecule has 0 radical (unpaired) electrons. The van der Waals surface area contributed by atoms with Gasteiger partial charge in [-0.1, -0.05) is 32.9 Å². The lowest BCUT2D eigenvalue weighted by molar-refractivity contribution is -0.132. The van der Waals surface area contributed by atoms with Crippen molar-refractivity contribution >= 4 is 14.1 Å². The molecule has 2 atom stereocenters. The maximum Gasteiger partial charge on any atom is 0.192 e. The number of allylic oxidation sites excluding steroid dienone is 1. The zero-order valence-electron chi connectivity index (χ0n) is 14.5. The molecular formula is C17H32O3Si. The second-order valence-electron chi connectivity index (χ2n) is 7.81. The van der Waals surface area contributed by atoms with E-state index in [1.54, 1.807) is 6.92 Å². The van der Waals surface area contributed by atoms with E-state index >= 15 is 0 Å². The fourth-order valence-corrected chi connectivity index (χ4v) is 4.04. The molecule has 0 fully saturated rings. The van der Waals surface area contributed by atoms with Gasteiger partial charge in [-0.15, -0.1) is 0 Å². The van der Waals surface area contributed by atoms with Crippen molar-refractivity contribution in [1.29, 1.82) is 0 Å². The van der Waals surface area contributed by atoms with Crippen molar-refractivity contribution in [3.63, 3.8) is 0 Å². The Morgan fingerprint density at radius 3 is 2.52 bits per heavy atom. The van der Waals surface area contributed by atoms with E-state index in [2.05, 4.69) is 46.0 Å². The molecule has 0 amide bonds. The zero-order chi connectivity index (χ0) is 16.3. The summed E-state index contributed by atoms with van der Waals surface area (Å²) in [6, 6.07) is 0. The number of Topliss-reactive ketones (excluding diaryl/α,β-unsaturated/α-hetero) is 1. The van der Waals surface area contributed by atoms with Gasteiger partial charge in [0.1, 0.15) is 5.78 Å². The van der Waals surface area contributed by atoms with Gasteiger partial charge in [-0.25, -0.2) is 0 Å². The quantitative estimate of drug-likeness (QED) is 0.594.